The van der Waals surface area contributed by atoms with Gasteiger partial charge in [0.25, 0.3) is 0 Å². The zero-order valence-corrected chi connectivity index (χ0v) is 11.3. The number of anilines is 1. The van der Waals surface area contributed by atoms with Crippen molar-refractivity contribution in [3.8, 4) is 0 Å². The molecular weight excluding hydrogens is 270 g/mol. The number of rotatable bonds is 6. The molecule has 2 rings (SSSR count). The van der Waals surface area contributed by atoms with E-state index in [2.05, 4.69) is 15.0 Å². The molecule has 0 aliphatic rings. The van der Waals surface area contributed by atoms with Crippen LogP contribution >= 0.6 is 11.6 Å². The van der Waals surface area contributed by atoms with Gasteiger partial charge in [-0.2, -0.15) is 9.97 Å². The summed E-state index contributed by atoms with van der Waals surface area (Å²) in [5.74, 6) is 0.284. The molecule has 3 N–H and O–H groups in total. The van der Waals surface area contributed by atoms with Crippen molar-refractivity contribution in [2.24, 2.45) is 5.92 Å². The SMILES string of the molecule is COCC(CCO)Cn1cnc2c(Cl)nc(N)nc21. The van der Waals surface area contributed by atoms with E-state index in [1.165, 1.54) is 0 Å². The number of nitrogens with two attached hydrogens (primary N) is 1. The van der Waals surface area contributed by atoms with E-state index in [9.17, 15) is 0 Å². The maximum Gasteiger partial charge on any atom is 0.223 e. The molecule has 7 nitrogen and oxygen atoms in total. The highest BCUT2D eigenvalue weighted by atomic mass is 35.5. The lowest BCUT2D eigenvalue weighted by atomic mass is 10.1. The van der Waals surface area contributed by atoms with Crippen LogP contribution in [0.4, 0.5) is 5.95 Å². The topological polar surface area (TPSA) is 99.1 Å². The largest absolute Gasteiger partial charge is 0.396 e. The minimum Gasteiger partial charge on any atom is -0.396 e. The van der Waals surface area contributed by atoms with Crippen molar-refractivity contribution in [3.63, 3.8) is 0 Å². The van der Waals surface area contributed by atoms with Crippen LogP contribution in [0.2, 0.25) is 5.15 Å². The number of halogens is 1. The van der Waals surface area contributed by atoms with Crippen LogP contribution in [0, 0.1) is 5.92 Å². The molecular formula is C11H16ClN5O2. The lowest BCUT2D eigenvalue weighted by molar-refractivity contribution is 0.124. The molecule has 8 heteroatoms. The van der Waals surface area contributed by atoms with Crippen molar-refractivity contribution >= 4 is 28.7 Å². The summed E-state index contributed by atoms with van der Waals surface area (Å²) in [5.41, 5.74) is 6.71. The first-order valence-corrected chi connectivity index (χ1v) is 6.27. The standard InChI is InChI=1S/C11H16ClN5O2/c1-19-5-7(2-3-18)4-17-6-14-8-9(12)15-11(13)16-10(8)17/h6-7,18H,2-5H2,1H3,(H2,13,15,16). The van der Waals surface area contributed by atoms with Crippen molar-refractivity contribution in [1.82, 2.24) is 19.5 Å². The van der Waals surface area contributed by atoms with Gasteiger partial charge in [0.05, 0.1) is 12.9 Å². The third-order valence-corrected chi connectivity index (χ3v) is 3.10. The third-order valence-electron chi connectivity index (χ3n) is 2.83. The monoisotopic (exact) mass is 285 g/mol. The minimum absolute atomic E-state index is 0.110. The first-order valence-electron chi connectivity index (χ1n) is 5.89. The summed E-state index contributed by atoms with van der Waals surface area (Å²) in [6.07, 6.45) is 2.28. The zero-order valence-electron chi connectivity index (χ0n) is 10.6. The van der Waals surface area contributed by atoms with Crippen molar-refractivity contribution in [2.75, 3.05) is 26.1 Å². The number of nitrogens with zero attached hydrogens (tertiary/aromatic N) is 4. The van der Waals surface area contributed by atoms with E-state index in [4.69, 9.17) is 27.2 Å². The van der Waals surface area contributed by atoms with Gasteiger partial charge in [0.15, 0.2) is 10.8 Å². The van der Waals surface area contributed by atoms with Gasteiger partial charge in [-0.05, 0) is 6.42 Å². The molecule has 2 aromatic heterocycles. The van der Waals surface area contributed by atoms with Crippen LogP contribution < -0.4 is 5.73 Å². The predicted octanol–water partition coefficient (Wildman–Crippen LogP) is 0.707. The van der Waals surface area contributed by atoms with Crippen LogP contribution in [-0.2, 0) is 11.3 Å². The molecule has 0 saturated carbocycles. The number of ether oxygens (including phenoxy) is 1. The van der Waals surface area contributed by atoms with Gasteiger partial charge in [-0.1, -0.05) is 11.6 Å². The van der Waals surface area contributed by atoms with Crippen LogP contribution in [0.3, 0.4) is 0 Å². The average molecular weight is 286 g/mol. The fraction of sp³-hybridized carbons (Fsp3) is 0.545. The minimum atomic E-state index is 0.110. The van der Waals surface area contributed by atoms with Gasteiger partial charge in [-0.3, -0.25) is 0 Å². The second-order valence-corrected chi connectivity index (χ2v) is 4.63. The molecule has 0 aromatic carbocycles. The molecule has 1 unspecified atom stereocenters. The lowest BCUT2D eigenvalue weighted by Gasteiger charge is -2.15. The first-order chi connectivity index (χ1) is 9.15. The normalized spacial score (nSPS) is 13.0. The Bertz CT molecular complexity index is 553. The predicted molar refractivity (Wildman–Crippen MR) is 71.8 cm³/mol. The van der Waals surface area contributed by atoms with E-state index in [0.29, 0.717) is 30.7 Å². The molecule has 0 aliphatic carbocycles. The Balaban J connectivity index is 2.29. The first kappa shape index (κ1) is 14.0. The summed E-state index contributed by atoms with van der Waals surface area (Å²) < 4.78 is 6.98. The van der Waals surface area contributed by atoms with E-state index in [0.717, 1.165) is 0 Å². The summed E-state index contributed by atoms with van der Waals surface area (Å²) in [7, 11) is 1.63. The highest BCUT2D eigenvalue weighted by Crippen LogP contribution is 2.20. The van der Waals surface area contributed by atoms with Crippen molar-refractivity contribution in [1.29, 1.82) is 0 Å². The van der Waals surface area contributed by atoms with Gasteiger partial charge < -0.3 is 20.1 Å². The lowest BCUT2D eigenvalue weighted by Crippen LogP contribution is -2.17. The highest BCUT2D eigenvalue weighted by molar-refractivity contribution is 6.33. The number of methoxy groups -OCH3 is 1. The number of fused-ring (bicyclic) bond motifs is 1. The van der Waals surface area contributed by atoms with Crippen molar-refractivity contribution in [2.45, 2.75) is 13.0 Å². The number of aromatic nitrogens is 4. The number of imidazole rings is 1. The number of hydrogen-bond donors (Lipinski definition) is 2. The Labute approximate surface area is 115 Å². The van der Waals surface area contributed by atoms with Crippen LogP contribution in [0.25, 0.3) is 11.2 Å². The van der Waals surface area contributed by atoms with E-state index in [-0.39, 0.29) is 23.6 Å². The number of aliphatic hydroxyl groups excluding tert-OH is 1. The molecule has 0 fully saturated rings. The van der Waals surface area contributed by atoms with Gasteiger partial charge in [0.1, 0.15) is 5.52 Å². The Hall–Kier alpha value is -1.44. The van der Waals surface area contributed by atoms with E-state index < -0.39 is 0 Å². The maximum absolute atomic E-state index is 9.05. The fourth-order valence-electron chi connectivity index (χ4n) is 1.98. The van der Waals surface area contributed by atoms with Gasteiger partial charge in [0, 0.05) is 26.2 Å². The van der Waals surface area contributed by atoms with E-state index in [1.807, 2.05) is 4.57 Å². The van der Waals surface area contributed by atoms with Crippen LogP contribution in [0.5, 0.6) is 0 Å². The van der Waals surface area contributed by atoms with Crippen LogP contribution in [0.1, 0.15) is 6.42 Å². The Morgan fingerprint density at radius 2 is 2.32 bits per heavy atom. The van der Waals surface area contributed by atoms with Crippen molar-refractivity contribution < 1.29 is 9.84 Å². The molecule has 2 heterocycles. The molecule has 104 valence electrons. The molecule has 0 radical (unpaired) electrons. The third kappa shape index (κ3) is 3.12. The fourth-order valence-corrected chi connectivity index (χ4v) is 2.20. The maximum atomic E-state index is 9.05. The molecule has 0 aliphatic heterocycles. The molecule has 0 bridgehead atoms. The smallest absolute Gasteiger partial charge is 0.223 e. The number of aliphatic hydroxyl groups is 1. The van der Waals surface area contributed by atoms with Gasteiger partial charge in [0.2, 0.25) is 5.95 Å². The summed E-state index contributed by atoms with van der Waals surface area (Å²) in [5, 5.41) is 9.29. The number of hydrogen-bond acceptors (Lipinski definition) is 6. The molecule has 2 aromatic rings. The van der Waals surface area contributed by atoms with Crippen molar-refractivity contribution in [3.05, 3.63) is 11.5 Å². The van der Waals surface area contributed by atoms with Gasteiger partial charge in [-0.15, -0.1) is 0 Å². The summed E-state index contributed by atoms with van der Waals surface area (Å²) in [4.78, 5) is 12.2. The van der Waals surface area contributed by atoms with Crippen LogP contribution in [-0.4, -0.2) is 44.9 Å². The quantitative estimate of drug-likeness (QED) is 0.758. The van der Waals surface area contributed by atoms with Crippen LogP contribution in [0.15, 0.2) is 6.33 Å². The molecule has 19 heavy (non-hydrogen) atoms. The summed E-state index contributed by atoms with van der Waals surface area (Å²) >= 11 is 5.96. The zero-order chi connectivity index (χ0) is 13.8. The molecule has 0 spiro atoms. The van der Waals surface area contributed by atoms with E-state index >= 15 is 0 Å². The Morgan fingerprint density at radius 1 is 1.53 bits per heavy atom. The van der Waals surface area contributed by atoms with E-state index in [1.54, 1.807) is 13.4 Å². The summed E-state index contributed by atoms with van der Waals surface area (Å²) in [6.45, 7) is 1.28. The average Bonchev–Trinajstić information content (AvgIpc) is 2.73. The Kier molecular flexibility index (Phi) is 4.52. The Morgan fingerprint density at radius 3 is 3.00 bits per heavy atom. The van der Waals surface area contributed by atoms with Gasteiger partial charge in [-0.25, -0.2) is 4.98 Å². The second-order valence-electron chi connectivity index (χ2n) is 4.28. The molecule has 0 saturated heterocycles. The van der Waals surface area contributed by atoms with Gasteiger partial charge >= 0.3 is 0 Å². The second kappa shape index (κ2) is 6.14. The molecule has 0 amide bonds. The highest BCUT2D eigenvalue weighted by Gasteiger charge is 2.14. The summed E-state index contributed by atoms with van der Waals surface area (Å²) in [6, 6.07) is 0. The number of nitrogen functional groups attached to an aromatic ring is 1. The molecule has 1 atom stereocenters.